The largest absolute Gasteiger partial charge is 0.495 e. The predicted molar refractivity (Wildman–Crippen MR) is 129 cm³/mol. The molecule has 2 heterocycles. The molecule has 0 aliphatic carbocycles. The van der Waals surface area contributed by atoms with Gasteiger partial charge in [0, 0.05) is 39.3 Å². The molecule has 0 radical (unpaired) electrons. The minimum absolute atomic E-state index is 0. The Morgan fingerprint density at radius 3 is 2.69 bits per heavy atom. The zero-order valence-electron chi connectivity index (χ0n) is 17.5. The van der Waals surface area contributed by atoms with Gasteiger partial charge >= 0.3 is 0 Å². The molecule has 7 nitrogen and oxygen atoms in total. The van der Waals surface area contributed by atoms with Crippen molar-refractivity contribution in [3.63, 3.8) is 0 Å². The highest BCUT2D eigenvalue weighted by atomic mass is 127. The van der Waals surface area contributed by atoms with E-state index in [1.54, 1.807) is 7.11 Å². The molecular weight excluding hydrogens is 481 g/mol. The van der Waals surface area contributed by atoms with Gasteiger partial charge < -0.3 is 25.2 Å². The summed E-state index contributed by atoms with van der Waals surface area (Å²) in [5, 5.41) is 6.67. The Morgan fingerprint density at radius 1 is 1.21 bits per heavy atom. The van der Waals surface area contributed by atoms with E-state index in [-0.39, 0.29) is 36.4 Å². The lowest BCUT2D eigenvalue weighted by Gasteiger charge is -2.21. The van der Waals surface area contributed by atoms with Crippen LogP contribution in [-0.4, -0.2) is 69.7 Å². The molecule has 2 aliphatic rings. The van der Waals surface area contributed by atoms with Gasteiger partial charge in [-0.2, -0.15) is 0 Å². The number of rotatable bonds is 7. The van der Waals surface area contributed by atoms with Crippen LogP contribution in [-0.2, 0) is 4.79 Å². The summed E-state index contributed by atoms with van der Waals surface area (Å²) >= 11 is 0. The molecule has 8 heteroatoms. The van der Waals surface area contributed by atoms with E-state index in [1.807, 2.05) is 24.0 Å². The number of hydrogen-bond acceptors (Lipinski definition) is 4. The summed E-state index contributed by atoms with van der Waals surface area (Å²) in [6.07, 6.45) is 3.34. The minimum Gasteiger partial charge on any atom is -0.495 e. The number of guanidine groups is 1. The first-order chi connectivity index (χ1) is 13.7. The molecule has 0 aromatic heterocycles. The SMILES string of the molecule is CCNC(=NCC(=O)N1CCCC1)NCC1CCN(c2ccccc2OC)C1.I. The molecule has 29 heavy (non-hydrogen) atoms. The Kier molecular flexibility index (Phi) is 9.83. The number of aliphatic imine (C=N–C) groups is 1. The Morgan fingerprint density at radius 2 is 1.97 bits per heavy atom. The van der Waals surface area contributed by atoms with Crippen LogP contribution in [0.1, 0.15) is 26.2 Å². The number of methoxy groups -OCH3 is 1. The average molecular weight is 515 g/mol. The molecule has 0 spiro atoms. The zero-order valence-corrected chi connectivity index (χ0v) is 19.9. The van der Waals surface area contributed by atoms with Crippen LogP contribution in [0.5, 0.6) is 5.75 Å². The van der Waals surface area contributed by atoms with Gasteiger partial charge in [-0.05, 0) is 44.2 Å². The molecule has 1 atom stereocenters. The molecule has 1 aromatic rings. The van der Waals surface area contributed by atoms with Crippen LogP contribution in [0.3, 0.4) is 0 Å². The summed E-state index contributed by atoms with van der Waals surface area (Å²) in [6, 6.07) is 8.18. The molecule has 1 amide bonds. The van der Waals surface area contributed by atoms with Gasteiger partial charge in [0.2, 0.25) is 5.91 Å². The lowest BCUT2D eigenvalue weighted by atomic mass is 10.1. The number of carbonyl (C=O) groups excluding carboxylic acids is 1. The molecule has 1 unspecified atom stereocenters. The number of nitrogens with zero attached hydrogens (tertiary/aromatic N) is 3. The molecule has 1 aromatic carbocycles. The molecule has 0 bridgehead atoms. The normalized spacial score (nSPS) is 19.1. The number of likely N-dealkylation sites (tertiary alicyclic amines) is 1. The summed E-state index contributed by atoms with van der Waals surface area (Å²) in [5.41, 5.74) is 1.16. The third-order valence-corrected chi connectivity index (χ3v) is 5.45. The summed E-state index contributed by atoms with van der Waals surface area (Å²) in [6.45, 7) is 7.63. The topological polar surface area (TPSA) is 69.2 Å². The number of anilines is 1. The summed E-state index contributed by atoms with van der Waals surface area (Å²) in [7, 11) is 1.72. The standard InChI is InChI=1S/C21H33N5O2.HI/c1-3-22-21(24-15-20(27)25-11-6-7-12-25)23-14-17-10-13-26(16-17)18-8-4-5-9-19(18)28-2;/h4-5,8-9,17H,3,6-7,10-16H2,1-2H3,(H2,22,23,24);1H. The molecule has 2 N–H and O–H groups in total. The fraction of sp³-hybridized carbons (Fsp3) is 0.619. The zero-order chi connectivity index (χ0) is 19.8. The molecule has 2 fully saturated rings. The molecule has 2 saturated heterocycles. The number of carbonyl (C=O) groups is 1. The number of amides is 1. The van der Waals surface area contributed by atoms with Gasteiger partial charge in [-0.15, -0.1) is 24.0 Å². The van der Waals surface area contributed by atoms with E-state index in [4.69, 9.17) is 4.74 Å². The van der Waals surface area contributed by atoms with Crippen LogP contribution in [0, 0.1) is 5.92 Å². The maximum Gasteiger partial charge on any atom is 0.244 e. The van der Waals surface area contributed by atoms with Gasteiger partial charge in [0.15, 0.2) is 5.96 Å². The number of nitrogens with one attached hydrogen (secondary N) is 2. The van der Waals surface area contributed by atoms with E-state index in [2.05, 4.69) is 32.7 Å². The Balaban J connectivity index is 0.00000300. The highest BCUT2D eigenvalue weighted by Gasteiger charge is 2.24. The fourth-order valence-electron chi connectivity index (χ4n) is 3.91. The van der Waals surface area contributed by atoms with Crippen LogP contribution in [0.15, 0.2) is 29.3 Å². The van der Waals surface area contributed by atoms with Gasteiger partial charge in [-0.3, -0.25) is 4.79 Å². The Labute approximate surface area is 191 Å². The van der Waals surface area contributed by atoms with Gasteiger partial charge in [0.25, 0.3) is 0 Å². The Bertz CT molecular complexity index is 679. The second kappa shape index (κ2) is 12.1. The quantitative estimate of drug-likeness (QED) is 0.332. The van der Waals surface area contributed by atoms with E-state index in [0.717, 1.165) is 75.9 Å². The van der Waals surface area contributed by atoms with Crippen molar-refractivity contribution < 1.29 is 9.53 Å². The number of hydrogen-bond donors (Lipinski definition) is 2. The number of halogens is 1. The third kappa shape index (κ3) is 6.65. The molecule has 162 valence electrons. The number of benzene rings is 1. The van der Waals surface area contributed by atoms with Crippen LogP contribution < -0.4 is 20.3 Å². The fourth-order valence-corrected chi connectivity index (χ4v) is 3.91. The van der Waals surface area contributed by atoms with E-state index < -0.39 is 0 Å². The van der Waals surface area contributed by atoms with Gasteiger partial charge in [0.1, 0.15) is 12.3 Å². The second-order valence-electron chi connectivity index (χ2n) is 7.44. The summed E-state index contributed by atoms with van der Waals surface area (Å²) < 4.78 is 5.50. The number of para-hydroxylation sites is 2. The van der Waals surface area contributed by atoms with Crippen LogP contribution >= 0.6 is 24.0 Å². The maximum absolute atomic E-state index is 12.2. The van der Waals surface area contributed by atoms with Gasteiger partial charge in [-0.1, -0.05) is 12.1 Å². The van der Waals surface area contributed by atoms with Crippen molar-refractivity contribution >= 4 is 41.5 Å². The predicted octanol–water partition coefficient (Wildman–Crippen LogP) is 2.32. The first-order valence-corrected chi connectivity index (χ1v) is 10.4. The maximum atomic E-state index is 12.2. The average Bonchev–Trinajstić information content (AvgIpc) is 3.42. The molecular formula is C21H34IN5O2. The second-order valence-corrected chi connectivity index (χ2v) is 7.44. The molecule has 2 aliphatic heterocycles. The molecule has 3 rings (SSSR count). The first kappa shape index (κ1) is 23.6. The minimum atomic E-state index is 0. The first-order valence-electron chi connectivity index (χ1n) is 10.4. The van der Waals surface area contributed by atoms with Crippen molar-refractivity contribution in [3.8, 4) is 5.75 Å². The van der Waals surface area contributed by atoms with Crippen LogP contribution in [0.2, 0.25) is 0 Å². The lowest BCUT2D eigenvalue weighted by molar-refractivity contribution is -0.128. The molecule has 0 saturated carbocycles. The van der Waals surface area contributed by atoms with Crippen molar-refractivity contribution in [2.45, 2.75) is 26.2 Å². The summed E-state index contributed by atoms with van der Waals surface area (Å²) in [4.78, 5) is 21.0. The third-order valence-electron chi connectivity index (χ3n) is 5.45. The highest BCUT2D eigenvalue weighted by molar-refractivity contribution is 14.0. The van der Waals surface area contributed by atoms with Gasteiger partial charge in [-0.25, -0.2) is 4.99 Å². The van der Waals surface area contributed by atoms with Crippen LogP contribution in [0.25, 0.3) is 0 Å². The van der Waals surface area contributed by atoms with Crippen molar-refractivity contribution in [3.05, 3.63) is 24.3 Å². The van der Waals surface area contributed by atoms with Crippen molar-refractivity contribution in [1.29, 1.82) is 0 Å². The van der Waals surface area contributed by atoms with Crippen molar-refractivity contribution in [1.82, 2.24) is 15.5 Å². The van der Waals surface area contributed by atoms with E-state index in [1.165, 1.54) is 0 Å². The Hall–Kier alpha value is -1.71. The smallest absolute Gasteiger partial charge is 0.244 e. The highest BCUT2D eigenvalue weighted by Crippen LogP contribution is 2.31. The number of ether oxygens (including phenoxy) is 1. The monoisotopic (exact) mass is 515 g/mol. The van der Waals surface area contributed by atoms with Crippen molar-refractivity contribution in [2.75, 3.05) is 57.8 Å². The van der Waals surface area contributed by atoms with Crippen LogP contribution in [0.4, 0.5) is 5.69 Å². The van der Waals surface area contributed by atoms with E-state index in [0.29, 0.717) is 5.92 Å². The van der Waals surface area contributed by atoms with Crippen molar-refractivity contribution in [2.24, 2.45) is 10.9 Å². The van der Waals surface area contributed by atoms with E-state index >= 15 is 0 Å². The summed E-state index contributed by atoms with van der Waals surface area (Å²) in [5.74, 6) is 2.30. The van der Waals surface area contributed by atoms with Gasteiger partial charge in [0.05, 0.1) is 12.8 Å². The van der Waals surface area contributed by atoms with E-state index in [9.17, 15) is 4.79 Å². The lowest BCUT2D eigenvalue weighted by Crippen LogP contribution is -2.41.